The molecule has 2 aromatic rings. The molecule has 0 radical (unpaired) electrons. The lowest BCUT2D eigenvalue weighted by Crippen LogP contribution is -2.24. The van der Waals surface area contributed by atoms with E-state index in [9.17, 15) is 4.79 Å². The van der Waals surface area contributed by atoms with Crippen LogP contribution in [0.5, 0.6) is 0 Å². The molecule has 1 heterocycles. The molecule has 1 amide bonds. The highest BCUT2D eigenvalue weighted by molar-refractivity contribution is 5.78. The Bertz CT molecular complexity index is 434. The average Bonchev–Trinajstić information content (AvgIpc) is 2.81. The van der Waals surface area contributed by atoms with Gasteiger partial charge in [-0.3, -0.25) is 4.79 Å². The topological polar surface area (TPSA) is 44.9 Å². The number of aromatic nitrogens is 1. The van der Waals surface area contributed by atoms with Crippen molar-refractivity contribution in [1.29, 1.82) is 0 Å². The van der Waals surface area contributed by atoms with E-state index in [1.54, 1.807) is 0 Å². The highest BCUT2D eigenvalue weighted by atomic mass is 16.1. The van der Waals surface area contributed by atoms with Crippen LogP contribution in [0.15, 0.2) is 48.7 Å². The Kier molecular flexibility index (Phi) is 3.38. The van der Waals surface area contributed by atoms with Crippen molar-refractivity contribution in [3.05, 3.63) is 59.9 Å². The smallest absolute Gasteiger partial charge is 0.226 e. The van der Waals surface area contributed by atoms with Crippen LogP contribution in [0.2, 0.25) is 0 Å². The molecule has 0 aliphatic carbocycles. The predicted octanol–water partition coefficient (Wildman–Crippen LogP) is 1.87. The molecule has 2 rings (SSSR count). The summed E-state index contributed by atoms with van der Waals surface area (Å²) in [5.41, 5.74) is 2.05. The van der Waals surface area contributed by atoms with Crippen LogP contribution in [0.1, 0.15) is 11.3 Å². The van der Waals surface area contributed by atoms with Gasteiger partial charge in [0.1, 0.15) is 0 Å². The first-order valence-electron chi connectivity index (χ1n) is 5.27. The van der Waals surface area contributed by atoms with E-state index in [4.69, 9.17) is 0 Å². The van der Waals surface area contributed by atoms with Gasteiger partial charge in [0.25, 0.3) is 0 Å². The lowest BCUT2D eigenvalue weighted by Gasteiger charge is -2.04. The number of H-pyrrole nitrogens is 1. The maximum atomic E-state index is 11.6. The van der Waals surface area contributed by atoms with Crippen molar-refractivity contribution in [2.24, 2.45) is 0 Å². The average molecular weight is 214 g/mol. The molecule has 0 unspecified atom stereocenters. The molecule has 1 aromatic carbocycles. The summed E-state index contributed by atoms with van der Waals surface area (Å²) in [7, 11) is 0. The van der Waals surface area contributed by atoms with Crippen LogP contribution in [0.25, 0.3) is 0 Å². The molecule has 3 nitrogen and oxygen atoms in total. The molecule has 0 spiro atoms. The molecular formula is C13H14N2O. The Balaban J connectivity index is 1.80. The van der Waals surface area contributed by atoms with Gasteiger partial charge in [-0.1, -0.05) is 30.3 Å². The lowest BCUT2D eigenvalue weighted by atomic mass is 10.2. The van der Waals surface area contributed by atoms with Crippen LogP contribution in [0.4, 0.5) is 0 Å². The third kappa shape index (κ3) is 2.98. The largest absolute Gasteiger partial charge is 0.365 e. The quantitative estimate of drug-likeness (QED) is 0.801. The molecule has 0 saturated heterocycles. The zero-order valence-electron chi connectivity index (χ0n) is 8.94. The molecule has 0 saturated carbocycles. The van der Waals surface area contributed by atoms with E-state index in [-0.39, 0.29) is 5.91 Å². The second-order valence-corrected chi connectivity index (χ2v) is 3.63. The molecule has 1 aromatic heterocycles. The van der Waals surface area contributed by atoms with E-state index in [1.165, 1.54) is 0 Å². The summed E-state index contributed by atoms with van der Waals surface area (Å²) in [6, 6.07) is 13.7. The fourth-order valence-corrected chi connectivity index (χ4v) is 1.51. The second-order valence-electron chi connectivity index (χ2n) is 3.63. The number of nitrogens with one attached hydrogen (secondary N) is 2. The molecular weight excluding hydrogens is 200 g/mol. The number of hydrogen-bond donors (Lipinski definition) is 2. The summed E-state index contributed by atoms with van der Waals surface area (Å²) in [6.45, 7) is 0.584. The van der Waals surface area contributed by atoms with E-state index in [0.29, 0.717) is 13.0 Å². The predicted molar refractivity (Wildman–Crippen MR) is 62.8 cm³/mol. The number of aromatic amines is 1. The Hall–Kier alpha value is -2.03. The fraction of sp³-hybridized carbons (Fsp3) is 0.154. The Morgan fingerprint density at radius 2 is 1.94 bits per heavy atom. The minimum Gasteiger partial charge on any atom is -0.365 e. The Morgan fingerprint density at radius 1 is 1.12 bits per heavy atom. The van der Waals surface area contributed by atoms with Crippen molar-refractivity contribution in [1.82, 2.24) is 10.3 Å². The first-order chi connectivity index (χ1) is 7.84. The minimum absolute atomic E-state index is 0.0336. The lowest BCUT2D eigenvalue weighted by molar-refractivity contribution is -0.120. The van der Waals surface area contributed by atoms with Gasteiger partial charge in [-0.2, -0.15) is 0 Å². The van der Waals surface area contributed by atoms with Gasteiger partial charge in [0.15, 0.2) is 0 Å². The Morgan fingerprint density at radius 3 is 2.62 bits per heavy atom. The summed E-state index contributed by atoms with van der Waals surface area (Å²) in [5.74, 6) is 0.0336. The van der Waals surface area contributed by atoms with Gasteiger partial charge in [-0.25, -0.2) is 0 Å². The fourth-order valence-electron chi connectivity index (χ4n) is 1.51. The van der Waals surface area contributed by atoms with E-state index in [0.717, 1.165) is 11.3 Å². The minimum atomic E-state index is 0.0336. The van der Waals surface area contributed by atoms with Crippen LogP contribution in [-0.2, 0) is 17.8 Å². The third-order valence-electron chi connectivity index (χ3n) is 2.35. The first-order valence-corrected chi connectivity index (χ1v) is 5.27. The second kappa shape index (κ2) is 5.16. The van der Waals surface area contributed by atoms with Gasteiger partial charge in [0.2, 0.25) is 5.91 Å². The van der Waals surface area contributed by atoms with Crippen LogP contribution in [-0.4, -0.2) is 10.9 Å². The van der Waals surface area contributed by atoms with Crippen LogP contribution in [0.3, 0.4) is 0 Å². The molecule has 0 atom stereocenters. The maximum Gasteiger partial charge on any atom is 0.226 e. The summed E-state index contributed by atoms with van der Waals surface area (Å²) >= 11 is 0. The summed E-state index contributed by atoms with van der Waals surface area (Å²) in [6.07, 6.45) is 2.22. The number of carbonyl (C=O) groups is 1. The SMILES string of the molecule is O=C(Cc1ccc[nH]1)NCc1ccccc1. The molecule has 0 fully saturated rings. The third-order valence-corrected chi connectivity index (χ3v) is 2.35. The molecule has 0 aliphatic heterocycles. The van der Waals surface area contributed by atoms with Crippen LogP contribution in [0, 0.1) is 0 Å². The van der Waals surface area contributed by atoms with Crippen LogP contribution >= 0.6 is 0 Å². The van der Waals surface area contributed by atoms with Crippen molar-refractivity contribution in [2.45, 2.75) is 13.0 Å². The number of hydrogen-bond acceptors (Lipinski definition) is 1. The molecule has 3 heteroatoms. The standard InChI is InChI=1S/C13H14N2O/c16-13(9-12-7-4-8-14-12)15-10-11-5-2-1-3-6-11/h1-8,14H,9-10H2,(H,15,16). The van der Waals surface area contributed by atoms with Gasteiger partial charge >= 0.3 is 0 Å². The van der Waals surface area contributed by atoms with Crippen molar-refractivity contribution in [3.8, 4) is 0 Å². The van der Waals surface area contributed by atoms with Gasteiger partial charge in [-0.05, 0) is 17.7 Å². The van der Waals surface area contributed by atoms with Crippen molar-refractivity contribution < 1.29 is 4.79 Å². The normalized spacial score (nSPS) is 10.0. The Labute approximate surface area is 94.5 Å². The van der Waals surface area contributed by atoms with E-state index >= 15 is 0 Å². The number of carbonyl (C=O) groups excluding carboxylic acids is 1. The maximum absolute atomic E-state index is 11.6. The number of rotatable bonds is 4. The molecule has 0 aliphatic rings. The van der Waals surface area contributed by atoms with Gasteiger partial charge in [0, 0.05) is 18.4 Å². The van der Waals surface area contributed by atoms with Crippen LogP contribution < -0.4 is 5.32 Å². The van der Waals surface area contributed by atoms with E-state index in [2.05, 4.69) is 10.3 Å². The summed E-state index contributed by atoms with van der Waals surface area (Å²) in [5, 5.41) is 2.88. The highest BCUT2D eigenvalue weighted by Gasteiger charge is 2.02. The van der Waals surface area contributed by atoms with Gasteiger partial charge in [-0.15, -0.1) is 0 Å². The summed E-state index contributed by atoms with van der Waals surface area (Å²) in [4.78, 5) is 14.6. The van der Waals surface area contributed by atoms with Crippen molar-refractivity contribution >= 4 is 5.91 Å². The monoisotopic (exact) mass is 214 g/mol. The molecule has 82 valence electrons. The van der Waals surface area contributed by atoms with Crippen molar-refractivity contribution in [3.63, 3.8) is 0 Å². The molecule has 16 heavy (non-hydrogen) atoms. The van der Waals surface area contributed by atoms with E-state index < -0.39 is 0 Å². The first kappa shape index (κ1) is 10.5. The van der Waals surface area contributed by atoms with Gasteiger partial charge < -0.3 is 10.3 Å². The van der Waals surface area contributed by atoms with E-state index in [1.807, 2.05) is 48.7 Å². The zero-order chi connectivity index (χ0) is 11.2. The number of benzene rings is 1. The highest BCUT2D eigenvalue weighted by Crippen LogP contribution is 1.99. The van der Waals surface area contributed by atoms with Crippen molar-refractivity contribution in [2.75, 3.05) is 0 Å². The molecule has 0 bridgehead atoms. The number of amides is 1. The zero-order valence-corrected chi connectivity index (χ0v) is 8.94. The summed E-state index contributed by atoms with van der Waals surface area (Å²) < 4.78 is 0. The van der Waals surface area contributed by atoms with Gasteiger partial charge in [0.05, 0.1) is 6.42 Å². The molecule has 2 N–H and O–H groups in total.